The molecule has 0 aromatic heterocycles. The van der Waals surface area contributed by atoms with Crippen molar-refractivity contribution in [3.63, 3.8) is 0 Å². The molecule has 1 amide bonds. The summed E-state index contributed by atoms with van der Waals surface area (Å²) >= 11 is 0. The molecule has 0 aromatic rings. The van der Waals surface area contributed by atoms with Crippen LogP contribution in [0, 0.1) is 22.2 Å². The van der Waals surface area contributed by atoms with Crippen LogP contribution in [0.1, 0.15) is 66.2 Å². The van der Waals surface area contributed by atoms with Gasteiger partial charge >= 0.3 is 0 Å². The first-order chi connectivity index (χ1) is 9.03. The summed E-state index contributed by atoms with van der Waals surface area (Å²) in [6.45, 7) is 8.61. The van der Waals surface area contributed by atoms with Crippen LogP contribution in [0.2, 0.25) is 0 Å². The molecule has 2 N–H and O–H groups in total. The van der Waals surface area contributed by atoms with E-state index in [2.05, 4.69) is 19.2 Å². The number of amides is 1. The fourth-order valence-electron chi connectivity index (χ4n) is 6.19. The Kier molecular flexibility index (Phi) is 2.87. The first-order valence-corrected chi connectivity index (χ1v) is 8.04. The summed E-state index contributed by atoms with van der Waals surface area (Å²) in [7, 11) is 0. The normalized spacial score (nSPS) is 46.5. The second kappa shape index (κ2) is 4.00. The molecule has 4 aliphatic carbocycles. The summed E-state index contributed by atoms with van der Waals surface area (Å²) in [5, 5.41) is 12.9. The van der Waals surface area contributed by atoms with Gasteiger partial charge in [-0.1, -0.05) is 13.8 Å². The van der Waals surface area contributed by atoms with Crippen LogP contribution in [0.3, 0.4) is 0 Å². The smallest absolute Gasteiger partial charge is 0.226 e. The monoisotopic (exact) mass is 279 g/mol. The summed E-state index contributed by atoms with van der Waals surface area (Å²) < 4.78 is 0. The third kappa shape index (κ3) is 2.38. The Morgan fingerprint density at radius 1 is 1.15 bits per heavy atom. The zero-order chi connectivity index (χ0) is 14.8. The maximum Gasteiger partial charge on any atom is 0.226 e. The van der Waals surface area contributed by atoms with E-state index in [4.69, 9.17) is 0 Å². The predicted molar refractivity (Wildman–Crippen MR) is 79.1 cm³/mol. The Hall–Kier alpha value is -0.570. The highest BCUT2D eigenvalue weighted by atomic mass is 16.3. The quantitative estimate of drug-likeness (QED) is 0.834. The Morgan fingerprint density at radius 2 is 1.70 bits per heavy atom. The molecule has 4 fully saturated rings. The van der Waals surface area contributed by atoms with Crippen LogP contribution in [-0.4, -0.2) is 23.2 Å². The van der Waals surface area contributed by atoms with Crippen molar-refractivity contribution in [1.82, 2.24) is 5.32 Å². The molecule has 2 unspecified atom stereocenters. The molecular formula is C17H29NO2. The Morgan fingerprint density at radius 3 is 2.15 bits per heavy atom. The minimum Gasteiger partial charge on any atom is -0.389 e. The van der Waals surface area contributed by atoms with E-state index in [-0.39, 0.29) is 11.3 Å². The largest absolute Gasteiger partial charge is 0.389 e. The summed E-state index contributed by atoms with van der Waals surface area (Å²) in [6.07, 6.45) is 7.06. The average Bonchev–Trinajstić information content (AvgIpc) is 2.19. The zero-order valence-corrected chi connectivity index (χ0v) is 13.4. The molecule has 4 saturated carbocycles. The highest BCUT2D eigenvalue weighted by molar-refractivity contribution is 5.83. The standard InChI is InChI=1S/C17H29NO2/c1-14(2,20)11-18-13(19)17-7-12-5-15(3,9-17)8-16(4,6-12)10-17/h12,20H,5-11H2,1-4H3,(H,18,19). The van der Waals surface area contributed by atoms with E-state index in [0.29, 0.717) is 17.4 Å². The van der Waals surface area contributed by atoms with Crippen LogP contribution in [0.4, 0.5) is 0 Å². The molecule has 0 saturated heterocycles. The molecule has 114 valence electrons. The van der Waals surface area contributed by atoms with Gasteiger partial charge in [-0.25, -0.2) is 0 Å². The first-order valence-electron chi connectivity index (χ1n) is 8.04. The lowest BCUT2D eigenvalue weighted by molar-refractivity contribution is -0.170. The van der Waals surface area contributed by atoms with E-state index in [0.717, 1.165) is 25.2 Å². The van der Waals surface area contributed by atoms with Gasteiger partial charge in [-0.3, -0.25) is 4.79 Å². The molecule has 4 aliphatic rings. The maximum atomic E-state index is 12.8. The van der Waals surface area contributed by atoms with Crippen molar-refractivity contribution in [2.75, 3.05) is 6.54 Å². The minimum absolute atomic E-state index is 0.159. The number of carbonyl (C=O) groups is 1. The fourth-order valence-corrected chi connectivity index (χ4v) is 6.19. The van der Waals surface area contributed by atoms with Gasteiger partial charge in [-0.05, 0) is 69.1 Å². The van der Waals surface area contributed by atoms with Crippen molar-refractivity contribution in [3.05, 3.63) is 0 Å². The van der Waals surface area contributed by atoms with E-state index >= 15 is 0 Å². The molecule has 0 spiro atoms. The van der Waals surface area contributed by atoms with Gasteiger partial charge in [0.05, 0.1) is 11.0 Å². The van der Waals surface area contributed by atoms with Gasteiger partial charge in [0.1, 0.15) is 0 Å². The second-order valence-electron chi connectivity index (χ2n) is 9.41. The number of carbonyl (C=O) groups excluding carboxylic acids is 1. The van der Waals surface area contributed by atoms with Crippen LogP contribution in [0.25, 0.3) is 0 Å². The van der Waals surface area contributed by atoms with Crippen molar-refractivity contribution in [2.24, 2.45) is 22.2 Å². The summed E-state index contributed by atoms with van der Waals surface area (Å²) in [6, 6.07) is 0. The third-order valence-electron chi connectivity index (χ3n) is 5.79. The van der Waals surface area contributed by atoms with E-state index in [1.54, 1.807) is 13.8 Å². The number of aliphatic hydroxyl groups is 1. The van der Waals surface area contributed by atoms with Crippen LogP contribution in [0.5, 0.6) is 0 Å². The fraction of sp³-hybridized carbons (Fsp3) is 0.941. The van der Waals surface area contributed by atoms with Crippen molar-refractivity contribution in [2.45, 2.75) is 71.8 Å². The van der Waals surface area contributed by atoms with E-state index in [9.17, 15) is 9.90 Å². The van der Waals surface area contributed by atoms with Crippen molar-refractivity contribution >= 4 is 5.91 Å². The van der Waals surface area contributed by atoms with E-state index in [1.165, 1.54) is 19.3 Å². The lowest BCUT2D eigenvalue weighted by Gasteiger charge is -2.64. The molecule has 0 heterocycles. The van der Waals surface area contributed by atoms with Gasteiger partial charge < -0.3 is 10.4 Å². The molecule has 3 heteroatoms. The SMILES string of the molecule is CC(C)(O)CNC(=O)C12CC3CC(C)(CC(C)(C3)C1)C2. The Bertz CT molecular complexity index is 419. The Labute approximate surface area is 122 Å². The minimum atomic E-state index is -0.828. The van der Waals surface area contributed by atoms with E-state index in [1.807, 2.05) is 0 Å². The summed E-state index contributed by atoms with van der Waals surface area (Å²) in [4.78, 5) is 12.8. The maximum absolute atomic E-state index is 12.8. The Balaban J connectivity index is 1.80. The van der Waals surface area contributed by atoms with Crippen LogP contribution in [0.15, 0.2) is 0 Å². The van der Waals surface area contributed by atoms with Crippen molar-refractivity contribution < 1.29 is 9.90 Å². The molecule has 0 aromatic carbocycles. The average molecular weight is 279 g/mol. The highest BCUT2D eigenvalue weighted by Gasteiger charge is 2.62. The van der Waals surface area contributed by atoms with Crippen molar-refractivity contribution in [3.8, 4) is 0 Å². The first kappa shape index (κ1) is 14.4. The van der Waals surface area contributed by atoms with Gasteiger partial charge in [0.25, 0.3) is 0 Å². The second-order valence-corrected chi connectivity index (χ2v) is 9.41. The van der Waals surface area contributed by atoms with Crippen LogP contribution >= 0.6 is 0 Å². The lowest BCUT2D eigenvalue weighted by Crippen LogP contribution is -2.60. The summed E-state index contributed by atoms with van der Waals surface area (Å²) in [5.74, 6) is 0.926. The van der Waals surface area contributed by atoms with Gasteiger partial charge in [-0.2, -0.15) is 0 Å². The molecule has 4 bridgehead atoms. The topological polar surface area (TPSA) is 49.3 Å². The highest BCUT2D eigenvalue weighted by Crippen LogP contribution is 2.69. The lowest BCUT2D eigenvalue weighted by atomic mass is 9.40. The molecule has 4 rings (SSSR count). The summed E-state index contributed by atoms with van der Waals surface area (Å²) in [5.41, 5.74) is -0.263. The predicted octanol–water partition coefficient (Wildman–Crippen LogP) is 2.87. The van der Waals surface area contributed by atoms with Crippen LogP contribution < -0.4 is 5.32 Å². The third-order valence-corrected chi connectivity index (χ3v) is 5.79. The number of hydrogen-bond acceptors (Lipinski definition) is 2. The van der Waals surface area contributed by atoms with Crippen molar-refractivity contribution in [1.29, 1.82) is 0 Å². The number of rotatable bonds is 3. The molecule has 3 nitrogen and oxygen atoms in total. The molecule has 20 heavy (non-hydrogen) atoms. The molecule has 0 radical (unpaired) electrons. The van der Waals surface area contributed by atoms with Gasteiger partial charge in [0.15, 0.2) is 0 Å². The zero-order valence-electron chi connectivity index (χ0n) is 13.4. The molecular weight excluding hydrogens is 250 g/mol. The number of nitrogens with one attached hydrogen (secondary N) is 1. The molecule has 2 atom stereocenters. The van der Waals surface area contributed by atoms with Gasteiger partial charge in [-0.15, -0.1) is 0 Å². The van der Waals surface area contributed by atoms with E-state index < -0.39 is 5.60 Å². The van der Waals surface area contributed by atoms with Gasteiger partial charge in [0, 0.05) is 6.54 Å². The van der Waals surface area contributed by atoms with Crippen LogP contribution in [-0.2, 0) is 4.79 Å². The number of hydrogen-bond donors (Lipinski definition) is 2. The molecule has 0 aliphatic heterocycles. The van der Waals surface area contributed by atoms with Gasteiger partial charge in [0.2, 0.25) is 5.91 Å².